The fraction of sp³-hybridized carbons (Fsp3) is 0.234. The first-order chi connectivity index (χ1) is 48.1. The standard InChI is InChI=1S/C58H57N2O.C36H37N2/c1-43(2)36-37-60-53-35-34-48-27-14-15-29-50(48)56(53)58(40-45-22-10-6-11-23-45,41-46-24-12-7-13-25-46)55(60)33-19-32-54-57(39-44-20-8-5-9-21-44,42-47-26-18-28-49(38-47)61-4)51-30-16-17-31-52(51)59(54)3;1-25-14-7-8-16-27(25)24-36(4)33(38(6)31-23-22-26-15-9-10-17-28(26)34(31)36)21-13-20-32-35(2,3)29-18-11-12-19-30(29)37(32)5/h5-35,38,43H,36-37,39-42H2,1-4H3;7-23H,24H2,1-6H3/q2*+1. The van der Waals surface area contributed by atoms with Crippen LogP contribution in [0, 0.1) is 12.8 Å². The third-order valence-corrected chi connectivity index (χ3v) is 22.2. The summed E-state index contributed by atoms with van der Waals surface area (Å²) in [7, 11) is 8.43. The molecule has 0 spiro atoms. The summed E-state index contributed by atoms with van der Waals surface area (Å²) in [6.07, 6.45) is 19.8. The van der Waals surface area contributed by atoms with E-state index in [9.17, 15) is 0 Å². The van der Waals surface area contributed by atoms with E-state index < -0.39 is 0 Å². The molecular weight excluding hydrogens is 1200 g/mol. The minimum absolute atomic E-state index is 0.0362. The lowest BCUT2D eigenvalue weighted by atomic mass is 9.68. The highest BCUT2D eigenvalue weighted by Gasteiger charge is 2.52. The fourth-order valence-electron chi connectivity index (χ4n) is 17.4. The number of nitrogens with zero attached hydrogens (tertiary/aromatic N) is 4. The SMILES string of the molecule is COc1cccc(CC2(Cc3ccccc3)C(/C=C/C=C3/N(CCC(C)C)c4ccc5ccccc5c4C3(Cc3ccccc3)Cc3ccccc3)=[N+](C)c3ccccc32)c1.Cc1ccccc1CC1(C)C(=CC=CC2=[N+](C)c3ccccc3C2(C)C)N(C)c2ccc3ccccc3c21. The number of likely N-dealkylation sites (N-methyl/N-ethyl adjacent to an activating group) is 1. The van der Waals surface area contributed by atoms with Gasteiger partial charge >= 0.3 is 0 Å². The number of hydrogen-bond donors (Lipinski definition) is 0. The van der Waals surface area contributed by atoms with Crippen molar-refractivity contribution in [3.8, 4) is 5.75 Å². The second-order valence-corrected chi connectivity index (χ2v) is 29.2. The molecule has 0 aliphatic carbocycles. The molecular formula is C94H94N4O+2. The third-order valence-electron chi connectivity index (χ3n) is 22.2. The van der Waals surface area contributed by atoms with Gasteiger partial charge in [-0.05, 0) is 175 Å². The summed E-state index contributed by atoms with van der Waals surface area (Å²) in [4.78, 5) is 5.09. The topological polar surface area (TPSA) is 21.7 Å². The number of anilines is 2. The molecule has 15 rings (SSSR count). The Balaban J connectivity index is 0.000000188. The molecule has 5 nitrogen and oxygen atoms in total. The van der Waals surface area contributed by atoms with Crippen molar-refractivity contribution in [2.45, 2.75) is 102 Å². The van der Waals surface area contributed by atoms with Crippen LogP contribution in [0.5, 0.6) is 5.75 Å². The van der Waals surface area contributed by atoms with E-state index in [1.165, 1.54) is 123 Å². The summed E-state index contributed by atoms with van der Waals surface area (Å²) in [5, 5.41) is 5.28. The Labute approximate surface area is 588 Å². The summed E-state index contributed by atoms with van der Waals surface area (Å²) in [6.45, 7) is 15.0. The molecule has 0 amide bonds. The number of para-hydroxylation sites is 2. The Bertz CT molecular complexity index is 4970. The van der Waals surface area contributed by atoms with Crippen molar-refractivity contribution >= 4 is 55.7 Å². The van der Waals surface area contributed by atoms with Crippen LogP contribution in [-0.2, 0) is 53.8 Å². The number of benzene rings is 11. The van der Waals surface area contributed by atoms with E-state index >= 15 is 0 Å². The van der Waals surface area contributed by atoms with E-state index in [0.29, 0.717) is 5.92 Å². The van der Waals surface area contributed by atoms with Gasteiger partial charge in [-0.3, -0.25) is 0 Å². The van der Waals surface area contributed by atoms with Gasteiger partial charge in [-0.2, -0.15) is 9.15 Å². The molecule has 0 bridgehead atoms. The maximum atomic E-state index is 5.77. The van der Waals surface area contributed by atoms with Crippen LogP contribution < -0.4 is 14.5 Å². The Kier molecular flexibility index (Phi) is 18.3. The Morgan fingerprint density at radius 1 is 0.455 bits per heavy atom. The molecule has 4 heterocycles. The first-order valence-corrected chi connectivity index (χ1v) is 35.7. The average Bonchev–Trinajstić information content (AvgIpc) is 1.58. The van der Waals surface area contributed by atoms with E-state index in [-0.39, 0.29) is 21.7 Å². The number of allylic oxidation sites excluding steroid dienone is 8. The number of hydrogen-bond acceptors (Lipinski definition) is 3. The quantitative estimate of drug-likeness (QED) is 0.0799. The van der Waals surface area contributed by atoms with E-state index in [1.54, 1.807) is 7.11 Å². The minimum atomic E-state index is -0.336. The molecule has 4 aliphatic heterocycles. The Hall–Kier alpha value is -10.4. The second-order valence-electron chi connectivity index (χ2n) is 29.2. The van der Waals surface area contributed by atoms with Gasteiger partial charge in [0.25, 0.3) is 0 Å². The number of rotatable bonds is 18. The number of methoxy groups -OCH3 is 1. The van der Waals surface area contributed by atoms with E-state index in [2.05, 4.69) is 373 Å². The highest BCUT2D eigenvalue weighted by atomic mass is 16.5. The molecule has 0 saturated heterocycles. The number of ether oxygens (including phenoxy) is 1. The van der Waals surface area contributed by atoms with E-state index in [4.69, 9.17) is 4.74 Å². The van der Waals surface area contributed by atoms with Gasteiger partial charge < -0.3 is 14.5 Å². The normalized spacial score (nSPS) is 18.9. The van der Waals surface area contributed by atoms with Crippen LogP contribution >= 0.6 is 0 Å². The van der Waals surface area contributed by atoms with Gasteiger partial charge in [-0.25, -0.2) is 0 Å². The minimum Gasteiger partial charge on any atom is -0.497 e. The van der Waals surface area contributed by atoms with Gasteiger partial charge in [0, 0.05) is 82.6 Å². The second kappa shape index (κ2) is 27.5. The molecule has 11 aromatic rings. The molecule has 11 aromatic carbocycles. The van der Waals surface area contributed by atoms with Crippen molar-refractivity contribution in [1.29, 1.82) is 0 Å². The zero-order valence-electron chi connectivity index (χ0n) is 59.5. The molecule has 5 heteroatoms. The van der Waals surface area contributed by atoms with Crippen LogP contribution in [0.15, 0.2) is 309 Å². The maximum Gasteiger partial charge on any atom is 0.209 e. The first kappa shape index (κ1) is 65.9. The Morgan fingerprint density at radius 3 is 1.55 bits per heavy atom. The Morgan fingerprint density at radius 2 is 0.939 bits per heavy atom. The lowest BCUT2D eigenvalue weighted by Crippen LogP contribution is -2.39. The van der Waals surface area contributed by atoms with Gasteiger partial charge in [-0.1, -0.05) is 250 Å². The molecule has 0 aromatic heterocycles. The summed E-state index contributed by atoms with van der Waals surface area (Å²) >= 11 is 0. The monoisotopic (exact) mass is 1290 g/mol. The summed E-state index contributed by atoms with van der Waals surface area (Å²) in [6, 6.07) is 95.8. The number of aryl methyl sites for hydroxylation is 1. The van der Waals surface area contributed by atoms with Gasteiger partial charge in [0.15, 0.2) is 11.4 Å². The third kappa shape index (κ3) is 12.3. The smallest absolute Gasteiger partial charge is 0.209 e. The lowest BCUT2D eigenvalue weighted by molar-refractivity contribution is -0.401. The summed E-state index contributed by atoms with van der Waals surface area (Å²) < 4.78 is 10.6. The van der Waals surface area contributed by atoms with Crippen molar-refractivity contribution in [2.24, 2.45) is 5.92 Å². The van der Waals surface area contributed by atoms with Crippen molar-refractivity contribution in [3.63, 3.8) is 0 Å². The molecule has 0 fully saturated rings. The van der Waals surface area contributed by atoms with Gasteiger partial charge in [-0.15, -0.1) is 0 Å². The van der Waals surface area contributed by atoms with Crippen molar-refractivity contribution in [2.75, 3.05) is 44.6 Å². The predicted molar refractivity (Wildman–Crippen MR) is 418 cm³/mol. The van der Waals surface area contributed by atoms with Crippen LogP contribution in [0.1, 0.15) is 96.7 Å². The largest absolute Gasteiger partial charge is 0.497 e. The highest BCUT2D eigenvalue weighted by Crippen LogP contribution is 2.56. The molecule has 0 N–H and O–H groups in total. The molecule has 4 aliphatic rings. The van der Waals surface area contributed by atoms with Gasteiger partial charge in [0.1, 0.15) is 19.8 Å². The predicted octanol–water partition coefficient (Wildman–Crippen LogP) is 21.3. The molecule has 99 heavy (non-hydrogen) atoms. The van der Waals surface area contributed by atoms with E-state index in [1.807, 2.05) is 6.07 Å². The van der Waals surface area contributed by atoms with E-state index in [0.717, 1.165) is 50.8 Å². The molecule has 2 atom stereocenters. The number of fused-ring (bicyclic) bond motifs is 8. The molecule has 494 valence electrons. The molecule has 0 radical (unpaired) electrons. The van der Waals surface area contributed by atoms with Crippen LogP contribution in [0.4, 0.5) is 22.7 Å². The summed E-state index contributed by atoms with van der Waals surface area (Å²) in [5.74, 6) is 1.45. The van der Waals surface area contributed by atoms with Crippen LogP contribution in [0.2, 0.25) is 0 Å². The molecule has 0 saturated carbocycles. The van der Waals surface area contributed by atoms with Crippen molar-refractivity contribution in [3.05, 3.63) is 364 Å². The van der Waals surface area contributed by atoms with Crippen molar-refractivity contribution in [1.82, 2.24) is 0 Å². The molecule has 2 unspecified atom stereocenters. The van der Waals surface area contributed by atoms with Crippen molar-refractivity contribution < 1.29 is 13.9 Å². The van der Waals surface area contributed by atoms with Crippen LogP contribution in [0.25, 0.3) is 21.5 Å². The fourth-order valence-corrected chi connectivity index (χ4v) is 17.4. The van der Waals surface area contributed by atoms with Gasteiger partial charge in [0.05, 0.1) is 17.9 Å². The highest BCUT2D eigenvalue weighted by molar-refractivity contribution is 6.05. The average molecular weight is 1300 g/mol. The van der Waals surface area contributed by atoms with Crippen LogP contribution in [-0.4, -0.2) is 55.4 Å². The zero-order valence-corrected chi connectivity index (χ0v) is 59.5. The maximum absolute atomic E-state index is 5.77. The van der Waals surface area contributed by atoms with Crippen LogP contribution in [0.3, 0.4) is 0 Å². The first-order valence-electron chi connectivity index (χ1n) is 35.7. The lowest BCUT2D eigenvalue weighted by Gasteiger charge is -2.35. The van der Waals surface area contributed by atoms with Gasteiger partial charge in [0.2, 0.25) is 11.4 Å². The zero-order chi connectivity index (χ0) is 68.5. The summed E-state index contributed by atoms with van der Waals surface area (Å²) in [5.41, 5.74) is 23.3.